The molecule has 0 saturated heterocycles. The van der Waals surface area contributed by atoms with E-state index in [1.165, 1.54) is 25.0 Å². The van der Waals surface area contributed by atoms with Crippen LogP contribution in [0.3, 0.4) is 0 Å². The van der Waals surface area contributed by atoms with Gasteiger partial charge in [-0.2, -0.15) is 11.8 Å². The Hall–Kier alpha value is 0.230. The zero-order valence-corrected chi connectivity index (χ0v) is 10.8. The van der Waals surface area contributed by atoms with Gasteiger partial charge in [0.05, 0.1) is 6.61 Å². The highest BCUT2D eigenvalue weighted by atomic mass is 32.2. The molecule has 0 aromatic carbocycles. The third-order valence-corrected chi connectivity index (χ3v) is 3.61. The van der Waals surface area contributed by atoms with Crippen LogP contribution < -0.4 is 5.73 Å². The molecular weight excluding hydrogens is 208 g/mol. The highest BCUT2D eigenvalue weighted by Gasteiger charge is 2.32. The Bertz CT molecular complexity index is 165. The molecular formula is C11H24N2OS. The van der Waals surface area contributed by atoms with E-state index in [-0.39, 0.29) is 0 Å². The minimum atomic E-state index is 0.556. The van der Waals surface area contributed by atoms with Gasteiger partial charge in [-0.1, -0.05) is 0 Å². The first kappa shape index (κ1) is 13.3. The topological polar surface area (TPSA) is 38.5 Å². The lowest BCUT2D eigenvalue weighted by Gasteiger charge is -2.30. The maximum Gasteiger partial charge on any atom is 0.0589 e. The molecule has 0 aromatic heterocycles. The summed E-state index contributed by atoms with van der Waals surface area (Å²) in [6.45, 7) is 2.64. The van der Waals surface area contributed by atoms with Gasteiger partial charge < -0.3 is 10.5 Å². The van der Waals surface area contributed by atoms with E-state index in [0.29, 0.717) is 6.04 Å². The predicted molar refractivity (Wildman–Crippen MR) is 67.4 cm³/mol. The van der Waals surface area contributed by atoms with Crippen molar-refractivity contribution in [2.24, 2.45) is 5.73 Å². The quantitative estimate of drug-likeness (QED) is 0.648. The first-order valence-corrected chi connectivity index (χ1v) is 7.16. The van der Waals surface area contributed by atoms with Gasteiger partial charge in [0.15, 0.2) is 0 Å². The van der Waals surface area contributed by atoms with Crippen LogP contribution in [0.5, 0.6) is 0 Å². The molecule has 2 N–H and O–H groups in total. The summed E-state index contributed by atoms with van der Waals surface area (Å²) < 4.78 is 5.16. The molecule has 3 nitrogen and oxygen atoms in total. The molecule has 1 rings (SSSR count). The molecule has 1 saturated carbocycles. The second kappa shape index (κ2) is 7.49. The van der Waals surface area contributed by atoms with Crippen LogP contribution >= 0.6 is 11.8 Å². The van der Waals surface area contributed by atoms with Gasteiger partial charge in [-0.15, -0.1) is 0 Å². The van der Waals surface area contributed by atoms with E-state index >= 15 is 0 Å². The van der Waals surface area contributed by atoms with Gasteiger partial charge in [-0.3, -0.25) is 4.90 Å². The van der Waals surface area contributed by atoms with Crippen molar-refractivity contribution in [1.82, 2.24) is 4.90 Å². The number of nitrogens with zero attached hydrogens (tertiary/aromatic N) is 1. The number of methoxy groups -OCH3 is 1. The maximum absolute atomic E-state index is 5.86. The van der Waals surface area contributed by atoms with Crippen LogP contribution in [0.4, 0.5) is 0 Å². The molecule has 90 valence electrons. The normalized spacial score (nSPS) is 18.4. The van der Waals surface area contributed by atoms with E-state index in [1.807, 2.05) is 11.8 Å². The summed E-state index contributed by atoms with van der Waals surface area (Å²) in [5, 5.41) is 0. The smallest absolute Gasteiger partial charge is 0.0589 e. The first-order chi connectivity index (χ1) is 7.33. The van der Waals surface area contributed by atoms with Crippen molar-refractivity contribution in [3.8, 4) is 0 Å². The zero-order valence-electron chi connectivity index (χ0n) is 9.95. The number of nitrogens with two attached hydrogens (primary N) is 1. The fourth-order valence-electron chi connectivity index (χ4n) is 1.94. The summed E-state index contributed by atoms with van der Waals surface area (Å²) >= 11 is 1.91. The Balaban J connectivity index is 2.35. The van der Waals surface area contributed by atoms with Crippen molar-refractivity contribution >= 4 is 11.8 Å². The van der Waals surface area contributed by atoms with Crippen LogP contribution in [-0.4, -0.2) is 55.8 Å². The maximum atomic E-state index is 5.86. The Labute approximate surface area is 97.7 Å². The second-order valence-electron chi connectivity index (χ2n) is 4.13. The second-order valence-corrected chi connectivity index (χ2v) is 5.12. The van der Waals surface area contributed by atoms with E-state index < -0.39 is 0 Å². The van der Waals surface area contributed by atoms with E-state index in [0.717, 1.165) is 25.7 Å². The molecule has 0 bridgehead atoms. The molecule has 1 aliphatic carbocycles. The highest BCUT2D eigenvalue weighted by Crippen LogP contribution is 2.29. The predicted octanol–water partition coefficient (Wildman–Crippen LogP) is 1.18. The minimum Gasteiger partial charge on any atom is -0.383 e. The molecule has 0 radical (unpaired) electrons. The summed E-state index contributed by atoms with van der Waals surface area (Å²) in [4.78, 5) is 2.56. The Morgan fingerprint density at radius 2 is 2.27 bits per heavy atom. The van der Waals surface area contributed by atoms with E-state index in [1.54, 1.807) is 7.11 Å². The minimum absolute atomic E-state index is 0.556. The molecule has 0 aliphatic heterocycles. The van der Waals surface area contributed by atoms with E-state index in [2.05, 4.69) is 11.2 Å². The first-order valence-electron chi connectivity index (χ1n) is 5.77. The number of ether oxygens (including phenoxy) is 1. The summed E-state index contributed by atoms with van der Waals surface area (Å²) in [6.07, 6.45) is 6.06. The number of rotatable bonds is 9. The largest absolute Gasteiger partial charge is 0.383 e. The van der Waals surface area contributed by atoms with Crippen LogP contribution in [0.2, 0.25) is 0 Å². The summed E-state index contributed by atoms with van der Waals surface area (Å²) in [5.41, 5.74) is 5.86. The van der Waals surface area contributed by atoms with E-state index in [9.17, 15) is 0 Å². The molecule has 0 aromatic rings. The summed E-state index contributed by atoms with van der Waals surface area (Å²) in [7, 11) is 1.77. The van der Waals surface area contributed by atoms with Crippen molar-refractivity contribution in [2.45, 2.75) is 31.3 Å². The fourth-order valence-corrected chi connectivity index (χ4v) is 2.45. The lowest BCUT2D eigenvalue weighted by molar-refractivity contribution is 0.114. The lowest BCUT2D eigenvalue weighted by Crippen LogP contribution is -2.44. The van der Waals surface area contributed by atoms with Gasteiger partial charge in [0.2, 0.25) is 0 Å². The molecule has 0 heterocycles. The standard InChI is InChI=1S/C11H24N2OS/c1-14-7-6-13(10-3-4-10)11(9-12)5-8-15-2/h10-11H,3-9,12H2,1-2H3. The van der Waals surface area contributed by atoms with Crippen molar-refractivity contribution in [3.63, 3.8) is 0 Å². The Morgan fingerprint density at radius 1 is 1.53 bits per heavy atom. The zero-order chi connectivity index (χ0) is 11.1. The molecule has 1 unspecified atom stereocenters. The Kier molecular flexibility index (Phi) is 6.64. The number of thioether (sulfide) groups is 1. The van der Waals surface area contributed by atoms with Gasteiger partial charge in [0, 0.05) is 32.3 Å². The van der Waals surface area contributed by atoms with Crippen LogP contribution in [0.1, 0.15) is 19.3 Å². The fraction of sp³-hybridized carbons (Fsp3) is 1.00. The third-order valence-electron chi connectivity index (χ3n) is 2.97. The van der Waals surface area contributed by atoms with Crippen LogP contribution in [0, 0.1) is 0 Å². The molecule has 1 atom stereocenters. The van der Waals surface area contributed by atoms with Crippen LogP contribution in [0.25, 0.3) is 0 Å². The van der Waals surface area contributed by atoms with Gasteiger partial charge in [-0.05, 0) is 31.3 Å². The van der Waals surface area contributed by atoms with Gasteiger partial charge in [0.25, 0.3) is 0 Å². The molecule has 15 heavy (non-hydrogen) atoms. The van der Waals surface area contributed by atoms with Gasteiger partial charge >= 0.3 is 0 Å². The summed E-state index contributed by atoms with van der Waals surface area (Å²) in [6, 6.07) is 1.34. The van der Waals surface area contributed by atoms with Crippen LogP contribution in [0.15, 0.2) is 0 Å². The molecule has 4 heteroatoms. The Morgan fingerprint density at radius 3 is 2.73 bits per heavy atom. The van der Waals surface area contributed by atoms with Crippen molar-refractivity contribution in [3.05, 3.63) is 0 Å². The molecule has 0 amide bonds. The lowest BCUT2D eigenvalue weighted by atomic mass is 10.2. The van der Waals surface area contributed by atoms with Gasteiger partial charge in [0.1, 0.15) is 0 Å². The number of hydrogen-bond acceptors (Lipinski definition) is 4. The average Bonchev–Trinajstić information content (AvgIpc) is 3.07. The molecule has 1 aliphatic rings. The van der Waals surface area contributed by atoms with Crippen molar-refractivity contribution in [2.75, 3.05) is 38.8 Å². The van der Waals surface area contributed by atoms with Crippen molar-refractivity contribution in [1.29, 1.82) is 0 Å². The summed E-state index contributed by atoms with van der Waals surface area (Å²) in [5.74, 6) is 1.21. The highest BCUT2D eigenvalue weighted by molar-refractivity contribution is 7.98. The number of hydrogen-bond donors (Lipinski definition) is 1. The average molecular weight is 232 g/mol. The SMILES string of the molecule is COCCN(C(CN)CCSC)C1CC1. The van der Waals surface area contributed by atoms with E-state index in [4.69, 9.17) is 10.5 Å². The van der Waals surface area contributed by atoms with Crippen LogP contribution in [-0.2, 0) is 4.74 Å². The monoisotopic (exact) mass is 232 g/mol. The molecule has 1 fully saturated rings. The van der Waals surface area contributed by atoms with Crippen molar-refractivity contribution < 1.29 is 4.74 Å². The third kappa shape index (κ3) is 4.72. The molecule has 0 spiro atoms. The van der Waals surface area contributed by atoms with Gasteiger partial charge in [-0.25, -0.2) is 0 Å².